The third-order valence-electron chi connectivity index (χ3n) is 6.54. The van der Waals surface area contributed by atoms with E-state index in [1.54, 1.807) is 24.3 Å². The van der Waals surface area contributed by atoms with Crippen molar-refractivity contribution >= 4 is 27.5 Å². The number of aryl methyl sites for hydroxylation is 1. The van der Waals surface area contributed by atoms with Gasteiger partial charge in [0.05, 0.1) is 18.6 Å². The van der Waals surface area contributed by atoms with Gasteiger partial charge in [0, 0.05) is 19.5 Å². The van der Waals surface area contributed by atoms with Crippen LogP contribution in [0.5, 0.6) is 5.75 Å². The summed E-state index contributed by atoms with van der Waals surface area (Å²) < 4.78 is 32.4. The van der Waals surface area contributed by atoms with Crippen molar-refractivity contribution in [2.24, 2.45) is 5.92 Å². The molecule has 0 heterocycles. The number of anilines is 1. The number of benzene rings is 3. The Morgan fingerprint density at radius 3 is 2.10 bits per heavy atom. The molecular formula is C32H41N3O5S. The largest absolute Gasteiger partial charge is 0.494 e. The summed E-state index contributed by atoms with van der Waals surface area (Å²) in [5, 5.41) is 2.99. The number of carbonyl (C=O) groups excluding carboxylic acids is 2. The maximum Gasteiger partial charge on any atom is 0.244 e. The Labute approximate surface area is 244 Å². The van der Waals surface area contributed by atoms with Gasteiger partial charge in [-0.05, 0) is 55.2 Å². The molecule has 3 aromatic rings. The number of rotatable bonds is 14. The third-order valence-corrected chi connectivity index (χ3v) is 7.68. The van der Waals surface area contributed by atoms with Crippen LogP contribution >= 0.6 is 0 Å². The number of ether oxygens (including phenoxy) is 1. The highest BCUT2D eigenvalue weighted by molar-refractivity contribution is 7.92. The summed E-state index contributed by atoms with van der Waals surface area (Å²) in [6.45, 7) is 8.47. The number of carbonyl (C=O) groups is 2. The lowest BCUT2D eigenvalue weighted by molar-refractivity contribution is -0.140. The summed E-state index contributed by atoms with van der Waals surface area (Å²) in [7, 11) is -3.83. The monoisotopic (exact) mass is 579 g/mol. The van der Waals surface area contributed by atoms with E-state index in [9.17, 15) is 18.0 Å². The minimum Gasteiger partial charge on any atom is -0.494 e. The van der Waals surface area contributed by atoms with Crippen LogP contribution in [0.1, 0.15) is 37.5 Å². The second-order valence-electron chi connectivity index (χ2n) is 10.5. The summed E-state index contributed by atoms with van der Waals surface area (Å²) in [6.07, 6.45) is 1.35. The predicted octanol–water partition coefficient (Wildman–Crippen LogP) is 4.57. The Balaban J connectivity index is 2.02. The molecule has 0 aliphatic heterocycles. The quantitative estimate of drug-likeness (QED) is 0.302. The molecule has 0 aromatic heterocycles. The fourth-order valence-corrected chi connectivity index (χ4v) is 5.21. The number of sulfonamides is 1. The van der Waals surface area contributed by atoms with Gasteiger partial charge in [0.15, 0.2) is 0 Å². The van der Waals surface area contributed by atoms with Gasteiger partial charge in [0.25, 0.3) is 0 Å². The zero-order chi connectivity index (χ0) is 30.0. The van der Waals surface area contributed by atoms with Gasteiger partial charge in [-0.25, -0.2) is 8.42 Å². The van der Waals surface area contributed by atoms with Crippen molar-refractivity contribution in [2.45, 2.75) is 46.7 Å². The van der Waals surface area contributed by atoms with Gasteiger partial charge in [-0.1, -0.05) is 74.0 Å². The number of hydrogen-bond donors (Lipinski definition) is 1. The van der Waals surface area contributed by atoms with Crippen molar-refractivity contribution in [3.8, 4) is 5.75 Å². The number of nitrogens with one attached hydrogen (secondary N) is 1. The van der Waals surface area contributed by atoms with Crippen molar-refractivity contribution in [2.75, 3.05) is 30.3 Å². The highest BCUT2D eigenvalue weighted by Crippen LogP contribution is 2.23. The molecule has 0 aliphatic rings. The van der Waals surface area contributed by atoms with Gasteiger partial charge >= 0.3 is 0 Å². The molecule has 3 aromatic carbocycles. The van der Waals surface area contributed by atoms with Gasteiger partial charge in [0.1, 0.15) is 18.3 Å². The van der Waals surface area contributed by atoms with E-state index in [0.29, 0.717) is 24.6 Å². The topological polar surface area (TPSA) is 96.0 Å². The number of nitrogens with zero attached hydrogens (tertiary/aromatic N) is 2. The maximum absolute atomic E-state index is 14.1. The second-order valence-corrected chi connectivity index (χ2v) is 12.5. The van der Waals surface area contributed by atoms with Crippen molar-refractivity contribution < 1.29 is 22.7 Å². The van der Waals surface area contributed by atoms with Crippen molar-refractivity contribution in [1.82, 2.24) is 10.2 Å². The van der Waals surface area contributed by atoms with E-state index in [1.165, 1.54) is 4.90 Å². The first-order chi connectivity index (χ1) is 19.5. The SMILES string of the molecule is CCOc1ccc(N(CC(=O)N(Cc2ccc(C)cc2)C(Cc2ccccc2)C(=O)NCC(C)C)S(C)(=O)=O)cc1. The van der Waals surface area contributed by atoms with Gasteiger partial charge in [0.2, 0.25) is 21.8 Å². The average molecular weight is 580 g/mol. The fraction of sp³-hybridized carbons (Fsp3) is 0.375. The van der Waals surface area contributed by atoms with Crippen LogP contribution in [0.3, 0.4) is 0 Å². The van der Waals surface area contributed by atoms with E-state index in [1.807, 2.05) is 82.3 Å². The molecule has 0 saturated heterocycles. The smallest absolute Gasteiger partial charge is 0.244 e. The summed E-state index contributed by atoms with van der Waals surface area (Å²) in [6, 6.07) is 23.0. The second kappa shape index (κ2) is 14.7. The van der Waals surface area contributed by atoms with Crippen LogP contribution in [-0.2, 0) is 32.6 Å². The molecule has 2 amide bonds. The molecule has 0 fully saturated rings. The van der Waals surface area contributed by atoms with E-state index < -0.39 is 28.5 Å². The lowest BCUT2D eigenvalue weighted by atomic mass is 10.0. The summed E-state index contributed by atoms with van der Waals surface area (Å²) >= 11 is 0. The molecular weight excluding hydrogens is 538 g/mol. The molecule has 0 bridgehead atoms. The van der Waals surface area contributed by atoms with Crippen molar-refractivity contribution in [3.63, 3.8) is 0 Å². The molecule has 1 unspecified atom stereocenters. The van der Waals surface area contributed by atoms with Crippen LogP contribution in [0.15, 0.2) is 78.9 Å². The molecule has 0 spiro atoms. The Kier molecular flexibility index (Phi) is 11.3. The van der Waals surface area contributed by atoms with Gasteiger partial charge in [-0.15, -0.1) is 0 Å². The zero-order valence-electron chi connectivity index (χ0n) is 24.5. The molecule has 0 aliphatic carbocycles. The maximum atomic E-state index is 14.1. The molecule has 0 radical (unpaired) electrons. The molecule has 1 atom stereocenters. The Hall–Kier alpha value is -3.85. The van der Waals surface area contributed by atoms with E-state index in [0.717, 1.165) is 27.3 Å². The highest BCUT2D eigenvalue weighted by Gasteiger charge is 2.33. The molecule has 41 heavy (non-hydrogen) atoms. The van der Waals surface area contributed by atoms with E-state index in [-0.39, 0.29) is 24.8 Å². The fourth-order valence-electron chi connectivity index (χ4n) is 4.36. The molecule has 220 valence electrons. The number of amides is 2. The molecule has 1 N–H and O–H groups in total. The average Bonchev–Trinajstić information content (AvgIpc) is 2.94. The standard InChI is InChI=1S/C32H41N3O5S/c1-6-40-29-18-16-28(17-19-29)35(41(5,38)39)23-31(36)34(22-27-14-12-25(4)13-15-27)30(32(37)33-21-24(2)3)20-26-10-8-7-9-11-26/h7-19,24,30H,6,20-23H2,1-5H3,(H,33,37). The van der Waals surface area contributed by atoms with Crippen LogP contribution in [0.2, 0.25) is 0 Å². The third kappa shape index (κ3) is 9.63. The molecule has 8 nitrogen and oxygen atoms in total. The minimum atomic E-state index is -3.83. The Morgan fingerprint density at radius 1 is 0.902 bits per heavy atom. The molecule has 0 saturated carbocycles. The van der Waals surface area contributed by atoms with Gasteiger partial charge < -0.3 is 15.0 Å². The molecule has 3 rings (SSSR count). The van der Waals surface area contributed by atoms with Crippen LogP contribution in [0.4, 0.5) is 5.69 Å². The lowest BCUT2D eigenvalue weighted by Gasteiger charge is -2.33. The van der Waals surface area contributed by atoms with Gasteiger partial charge in [-0.3, -0.25) is 13.9 Å². The Bertz CT molecular complexity index is 1380. The normalized spacial score (nSPS) is 12.0. The van der Waals surface area contributed by atoms with Crippen molar-refractivity contribution in [1.29, 1.82) is 0 Å². The van der Waals surface area contributed by atoms with Crippen LogP contribution in [0, 0.1) is 12.8 Å². The summed E-state index contributed by atoms with van der Waals surface area (Å²) in [5.41, 5.74) is 3.14. The van der Waals surface area contributed by atoms with E-state index in [2.05, 4.69) is 5.32 Å². The summed E-state index contributed by atoms with van der Waals surface area (Å²) in [5.74, 6) is 0.0558. The first-order valence-electron chi connectivity index (χ1n) is 13.8. The minimum absolute atomic E-state index is 0.145. The van der Waals surface area contributed by atoms with Gasteiger partial charge in [-0.2, -0.15) is 0 Å². The first kappa shape index (κ1) is 31.7. The van der Waals surface area contributed by atoms with Crippen LogP contribution in [0.25, 0.3) is 0 Å². The highest BCUT2D eigenvalue weighted by atomic mass is 32.2. The van der Waals surface area contributed by atoms with Crippen LogP contribution < -0.4 is 14.4 Å². The Morgan fingerprint density at radius 2 is 1.54 bits per heavy atom. The zero-order valence-corrected chi connectivity index (χ0v) is 25.4. The summed E-state index contributed by atoms with van der Waals surface area (Å²) in [4.78, 5) is 29.2. The first-order valence-corrected chi connectivity index (χ1v) is 15.7. The molecule has 9 heteroatoms. The van der Waals surface area contributed by atoms with Crippen molar-refractivity contribution in [3.05, 3.63) is 95.6 Å². The number of hydrogen-bond acceptors (Lipinski definition) is 5. The predicted molar refractivity (Wildman–Crippen MR) is 163 cm³/mol. The lowest BCUT2D eigenvalue weighted by Crippen LogP contribution is -2.53. The van der Waals surface area contributed by atoms with Crippen LogP contribution in [-0.4, -0.2) is 57.1 Å². The van der Waals surface area contributed by atoms with E-state index >= 15 is 0 Å². The van der Waals surface area contributed by atoms with E-state index in [4.69, 9.17) is 4.74 Å².